The molecular weight excluding hydrogens is 206 g/mol. The van der Waals surface area contributed by atoms with Crippen molar-refractivity contribution >= 4 is 12.2 Å². The van der Waals surface area contributed by atoms with E-state index < -0.39 is 5.97 Å². The van der Waals surface area contributed by atoms with E-state index in [9.17, 15) is 4.79 Å². The molecule has 84 valence electrons. The number of esters is 1. The van der Waals surface area contributed by atoms with Gasteiger partial charge in [0.2, 0.25) is 0 Å². The normalized spacial score (nSPS) is 10.8. The predicted octanol–water partition coefficient (Wildman–Crippen LogP) is 2.17. The van der Waals surface area contributed by atoms with Crippen LogP contribution in [0.2, 0.25) is 0 Å². The van der Waals surface area contributed by atoms with Crippen molar-refractivity contribution in [3.05, 3.63) is 42.5 Å². The van der Waals surface area contributed by atoms with Crippen LogP contribution < -0.4 is 4.84 Å². The molecule has 0 N–H and O–H groups in total. The summed E-state index contributed by atoms with van der Waals surface area (Å²) in [6.45, 7) is 2.11. The molecule has 0 bridgehead atoms. The zero-order valence-corrected chi connectivity index (χ0v) is 9.00. The number of para-hydroxylation sites is 1. The van der Waals surface area contributed by atoms with Crippen LogP contribution >= 0.6 is 0 Å². The average Bonchev–Trinajstić information content (AvgIpc) is 2.30. The van der Waals surface area contributed by atoms with Gasteiger partial charge in [-0.25, -0.2) is 4.79 Å². The Kier molecular flexibility index (Phi) is 5.41. The number of rotatable bonds is 5. The summed E-state index contributed by atoms with van der Waals surface area (Å²) in [6.07, 6.45) is 4.12. The first-order valence-electron chi connectivity index (χ1n) is 4.91. The van der Waals surface area contributed by atoms with Crippen molar-refractivity contribution < 1.29 is 14.4 Å². The average molecular weight is 219 g/mol. The van der Waals surface area contributed by atoms with Crippen molar-refractivity contribution in [3.8, 4) is 5.75 Å². The Labute approximate surface area is 94.2 Å². The topological polar surface area (TPSA) is 47.9 Å². The van der Waals surface area contributed by atoms with Crippen molar-refractivity contribution in [1.29, 1.82) is 0 Å². The first kappa shape index (κ1) is 12.0. The Hall–Kier alpha value is -2.10. The van der Waals surface area contributed by atoms with Gasteiger partial charge in [-0.05, 0) is 25.1 Å². The number of hydrogen-bond acceptors (Lipinski definition) is 4. The molecule has 4 nitrogen and oxygen atoms in total. The van der Waals surface area contributed by atoms with Gasteiger partial charge in [-0.2, -0.15) is 0 Å². The van der Waals surface area contributed by atoms with Gasteiger partial charge in [0.15, 0.2) is 5.75 Å². The number of ether oxygens (including phenoxy) is 1. The van der Waals surface area contributed by atoms with Crippen LogP contribution in [0, 0.1) is 0 Å². The monoisotopic (exact) mass is 219 g/mol. The van der Waals surface area contributed by atoms with Crippen LogP contribution in [0.25, 0.3) is 0 Å². The number of carbonyl (C=O) groups excluding carboxylic acids is 1. The summed E-state index contributed by atoms with van der Waals surface area (Å²) in [5, 5.41) is 3.65. The molecule has 0 radical (unpaired) electrons. The van der Waals surface area contributed by atoms with Crippen LogP contribution in [0.5, 0.6) is 5.75 Å². The number of allylic oxidation sites excluding steroid dienone is 1. The van der Waals surface area contributed by atoms with E-state index >= 15 is 0 Å². The van der Waals surface area contributed by atoms with Crippen LogP contribution in [0.15, 0.2) is 47.6 Å². The maximum Gasteiger partial charge on any atom is 0.330 e. The van der Waals surface area contributed by atoms with E-state index in [0.717, 1.165) is 0 Å². The summed E-state index contributed by atoms with van der Waals surface area (Å²) in [5.74, 6) is 0.247. The van der Waals surface area contributed by atoms with Gasteiger partial charge in [-0.1, -0.05) is 23.4 Å². The quantitative estimate of drug-likeness (QED) is 0.330. The highest BCUT2D eigenvalue weighted by molar-refractivity contribution is 5.87. The molecule has 0 spiro atoms. The summed E-state index contributed by atoms with van der Waals surface area (Å²) < 4.78 is 4.68. The van der Waals surface area contributed by atoms with Crippen LogP contribution in [0.1, 0.15) is 6.92 Å². The van der Waals surface area contributed by atoms with Gasteiger partial charge >= 0.3 is 5.97 Å². The van der Waals surface area contributed by atoms with Gasteiger partial charge in [0.1, 0.15) is 0 Å². The minimum absolute atomic E-state index is 0.362. The zero-order chi connectivity index (χ0) is 11.6. The first-order chi connectivity index (χ1) is 7.83. The molecule has 1 rings (SSSR count). The molecule has 0 aliphatic rings. The Morgan fingerprint density at radius 3 is 2.81 bits per heavy atom. The second kappa shape index (κ2) is 7.23. The lowest BCUT2D eigenvalue weighted by atomic mass is 10.3. The van der Waals surface area contributed by atoms with Crippen molar-refractivity contribution in [1.82, 2.24) is 0 Å². The van der Waals surface area contributed by atoms with Gasteiger partial charge < -0.3 is 9.57 Å². The number of carbonyl (C=O) groups is 1. The van der Waals surface area contributed by atoms with Crippen LogP contribution in [0.3, 0.4) is 0 Å². The summed E-state index contributed by atoms with van der Waals surface area (Å²) in [4.78, 5) is 15.9. The minimum atomic E-state index is -0.395. The Morgan fingerprint density at radius 2 is 2.12 bits per heavy atom. The number of benzene rings is 1. The van der Waals surface area contributed by atoms with Crippen LogP contribution in [-0.2, 0) is 9.53 Å². The SMILES string of the molecule is CCOC(=O)/C=C/C=N/Oc1ccccc1. The van der Waals surface area contributed by atoms with Crippen molar-refractivity contribution in [3.63, 3.8) is 0 Å². The van der Waals surface area contributed by atoms with E-state index in [1.165, 1.54) is 18.4 Å². The fourth-order valence-electron chi connectivity index (χ4n) is 0.920. The number of hydrogen-bond donors (Lipinski definition) is 0. The van der Waals surface area contributed by atoms with Gasteiger partial charge in [-0.15, -0.1) is 0 Å². The molecule has 0 aliphatic carbocycles. The van der Waals surface area contributed by atoms with Gasteiger partial charge in [0.25, 0.3) is 0 Å². The smallest absolute Gasteiger partial charge is 0.330 e. The summed E-state index contributed by atoms with van der Waals surface area (Å²) >= 11 is 0. The number of nitrogens with zero attached hydrogens (tertiary/aromatic N) is 1. The van der Waals surface area contributed by atoms with E-state index in [2.05, 4.69) is 9.89 Å². The maximum atomic E-state index is 10.9. The third-order valence-corrected chi connectivity index (χ3v) is 1.57. The largest absolute Gasteiger partial charge is 0.463 e. The molecule has 1 aromatic rings. The Balaban J connectivity index is 2.30. The standard InChI is InChI=1S/C12H13NO3/c1-2-15-12(14)9-6-10-13-16-11-7-4-3-5-8-11/h3-10H,2H2,1H3/b9-6+,13-10+. The third kappa shape index (κ3) is 4.95. The van der Waals surface area contributed by atoms with Crippen molar-refractivity contribution in [2.24, 2.45) is 5.16 Å². The molecule has 0 fully saturated rings. The summed E-state index contributed by atoms with van der Waals surface area (Å²) in [7, 11) is 0. The van der Waals surface area contributed by atoms with E-state index in [4.69, 9.17) is 4.84 Å². The van der Waals surface area contributed by atoms with Gasteiger partial charge in [0.05, 0.1) is 12.8 Å². The molecule has 16 heavy (non-hydrogen) atoms. The zero-order valence-electron chi connectivity index (χ0n) is 9.00. The van der Waals surface area contributed by atoms with E-state index in [1.807, 2.05) is 18.2 Å². The third-order valence-electron chi connectivity index (χ3n) is 1.57. The van der Waals surface area contributed by atoms with E-state index in [-0.39, 0.29) is 0 Å². The van der Waals surface area contributed by atoms with E-state index in [1.54, 1.807) is 19.1 Å². The Bertz CT molecular complexity index is 371. The fourth-order valence-corrected chi connectivity index (χ4v) is 0.920. The second-order valence-corrected chi connectivity index (χ2v) is 2.77. The molecule has 0 saturated heterocycles. The van der Waals surface area contributed by atoms with Gasteiger partial charge in [0, 0.05) is 6.08 Å². The molecular formula is C12H13NO3. The van der Waals surface area contributed by atoms with Gasteiger partial charge in [-0.3, -0.25) is 0 Å². The molecule has 0 saturated carbocycles. The lowest BCUT2D eigenvalue weighted by molar-refractivity contribution is -0.137. The molecule has 0 unspecified atom stereocenters. The molecule has 4 heteroatoms. The predicted molar refractivity (Wildman–Crippen MR) is 61.3 cm³/mol. The highest BCUT2D eigenvalue weighted by atomic mass is 16.6. The van der Waals surface area contributed by atoms with Crippen LogP contribution in [-0.4, -0.2) is 18.8 Å². The highest BCUT2D eigenvalue weighted by Crippen LogP contribution is 2.07. The Morgan fingerprint density at radius 1 is 1.38 bits per heavy atom. The lowest BCUT2D eigenvalue weighted by Crippen LogP contribution is -1.98. The minimum Gasteiger partial charge on any atom is -0.463 e. The van der Waals surface area contributed by atoms with E-state index in [0.29, 0.717) is 12.4 Å². The number of oxime groups is 1. The van der Waals surface area contributed by atoms with Crippen molar-refractivity contribution in [2.45, 2.75) is 6.92 Å². The molecule has 0 heterocycles. The molecule has 0 aromatic heterocycles. The highest BCUT2D eigenvalue weighted by Gasteiger charge is 1.90. The second-order valence-electron chi connectivity index (χ2n) is 2.77. The molecule has 1 aromatic carbocycles. The summed E-state index contributed by atoms with van der Waals surface area (Å²) in [6, 6.07) is 9.15. The maximum absolute atomic E-state index is 10.9. The molecule has 0 amide bonds. The molecule has 0 aliphatic heterocycles. The fraction of sp³-hybridized carbons (Fsp3) is 0.167. The first-order valence-corrected chi connectivity index (χ1v) is 4.91. The summed E-state index contributed by atoms with van der Waals surface area (Å²) in [5.41, 5.74) is 0. The van der Waals surface area contributed by atoms with Crippen molar-refractivity contribution in [2.75, 3.05) is 6.61 Å². The lowest BCUT2D eigenvalue weighted by Gasteiger charge is -1.95. The molecule has 0 atom stereocenters. The van der Waals surface area contributed by atoms with Crippen LogP contribution in [0.4, 0.5) is 0 Å².